The molecule has 3 fully saturated rings. The molecule has 0 aliphatic heterocycles. The van der Waals surface area contributed by atoms with Crippen molar-refractivity contribution < 1.29 is 13.5 Å². The van der Waals surface area contributed by atoms with Gasteiger partial charge in [-0.05, 0) is 55.9 Å². The molecule has 2 bridgehead atoms. The van der Waals surface area contributed by atoms with Crippen LogP contribution in [0.1, 0.15) is 30.9 Å². The minimum atomic E-state index is -0.497. The molecule has 0 amide bonds. The number of fused-ring (bicyclic) bond motifs is 5. The van der Waals surface area contributed by atoms with E-state index in [1.807, 2.05) is 7.05 Å². The molecular formula is C17H21F2NO. The Morgan fingerprint density at radius 3 is 2.19 bits per heavy atom. The van der Waals surface area contributed by atoms with Crippen LogP contribution >= 0.6 is 0 Å². The van der Waals surface area contributed by atoms with Gasteiger partial charge in [-0.25, -0.2) is 8.78 Å². The molecule has 0 heterocycles. The Morgan fingerprint density at radius 1 is 1.14 bits per heavy atom. The van der Waals surface area contributed by atoms with E-state index in [1.54, 1.807) is 0 Å². The highest BCUT2D eigenvalue weighted by molar-refractivity contribution is 5.35. The van der Waals surface area contributed by atoms with Gasteiger partial charge in [-0.3, -0.25) is 0 Å². The van der Waals surface area contributed by atoms with Gasteiger partial charge in [0.1, 0.15) is 17.4 Å². The van der Waals surface area contributed by atoms with Gasteiger partial charge < -0.3 is 10.1 Å². The van der Waals surface area contributed by atoms with Crippen LogP contribution in [0.25, 0.3) is 0 Å². The Kier molecular flexibility index (Phi) is 3.00. The molecule has 114 valence electrons. The van der Waals surface area contributed by atoms with E-state index in [-0.39, 0.29) is 17.4 Å². The molecule has 3 aliphatic carbocycles. The molecule has 3 saturated carbocycles. The summed E-state index contributed by atoms with van der Waals surface area (Å²) in [5.74, 6) is 2.60. The molecule has 1 aromatic carbocycles. The summed E-state index contributed by atoms with van der Waals surface area (Å²) in [4.78, 5) is 0. The fourth-order valence-electron chi connectivity index (χ4n) is 5.34. The Bertz CT molecular complexity index is 537. The Morgan fingerprint density at radius 2 is 1.71 bits per heavy atom. The zero-order valence-electron chi connectivity index (χ0n) is 12.4. The number of methoxy groups -OCH3 is 1. The van der Waals surface area contributed by atoms with Crippen LogP contribution in [0.5, 0.6) is 5.75 Å². The smallest absolute Gasteiger partial charge is 0.134 e. The van der Waals surface area contributed by atoms with Gasteiger partial charge in [0.05, 0.1) is 7.11 Å². The third-order valence-electron chi connectivity index (χ3n) is 6.09. The standard InChI is InChI=1S/C17H21F2NO/c1-20-17(15-11(18)6-10(21-2)7-12(15)19)16-13-8-3-4-9(5-8)14(13)16/h6-9,13-14,16-17,20H,3-5H2,1-2H3. The predicted molar refractivity (Wildman–Crippen MR) is 76.0 cm³/mol. The maximum Gasteiger partial charge on any atom is 0.134 e. The molecular weight excluding hydrogens is 272 g/mol. The van der Waals surface area contributed by atoms with Crippen LogP contribution in [-0.2, 0) is 0 Å². The highest BCUT2D eigenvalue weighted by Gasteiger charge is 2.67. The van der Waals surface area contributed by atoms with E-state index < -0.39 is 11.6 Å². The van der Waals surface area contributed by atoms with Crippen molar-refractivity contribution in [1.29, 1.82) is 0 Å². The highest BCUT2D eigenvalue weighted by Crippen LogP contribution is 2.72. The molecule has 4 rings (SSSR count). The van der Waals surface area contributed by atoms with E-state index in [2.05, 4.69) is 5.32 Å². The molecule has 21 heavy (non-hydrogen) atoms. The van der Waals surface area contributed by atoms with Crippen LogP contribution < -0.4 is 10.1 Å². The summed E-state index contributed by atoms with van der Waals surface area (Å²) in [5.41, 5.74) is 0.192. The maximum absolute atomic E-state index is 14.3. The van der Waals surface area contributed by atoms with Crippen LogP contribution in [0.4, 0.5) is 8.78 Å². The van der Waals surface area contributed by atoms with Gasteiger partial charge in [0, 0.05) is 23.7 Å². The van der Waals surface area contributed by atoms with Crippen molar-refractivity contribution in [2.24, 2.45) is 29.6 Å². The minimum Gasteiger partial charge on any atom is -0.497 e. The largest absolute Gasteiger partial charge is 0.497 e. The first-order chi connectivity index (χ1) is 10.2. The second-order valence-corrected chi connectivity index (χ2v) is 6.84. The lowest BCUT2D eigenvalue weighted by atomic mass is 9.92. The highest BCUT2D eigenvalue weighted by atomic mass is 19.1. The first-order valence-electron chi connectivity index (χ1n) is 7.86. The molecule has 4 heteroatoms. The van der Waals surface area contributed by atoms with Crippen molar-refractivity contribution in [3.8, 4) is 5.75 Å². The van der Waals surface area contributed by atoms with Gasteiger partial charge in [-0.1, -0.05) is 0 Å². The summed E-state index contributed by atoms with van der Waals surface area (Å²) in [6.07, 6.45) is 3.97. The molecule has 0 aromatic heterocycles. The Hall–Kier alpha value is -1.16. The van der Waals surface area contributed by atoms with Crippen molar-refractivity contribution >= 4 is 0 Å². The second-order valence-electron chi connectivity index (χ2n) is 6.84. The normalized spacial score (nSPS) is 37.4. The molecule has 5 unspecified atom stereocenters. The third-order valence-corrected chi connectivity index (χ3v) is 6.09. The summed E-state index contributed by atoms with van der Waals surface area (Å²) in [6.45, 7) is 0. The van der Waals surface area contributed by atoms with Gasteiger partial charge in [0.15, 0.2) is 0 Å². The summed E-state index contributed by atoms with van der Waals surface area (Å²) < 4.78 is 33.6. The van der Waals surface area contributed by atoms with Gasteiger partial charge >= 0.3 is 0 Å². The minimum absolute atomic E-state index is 0.192. The molecule has 3 aliphatic rings. The fraction of sp³-hybridized carbons (Fsp3) is 0.647. The molecule has 0 radical (unpaired) electrons. The van der Waals surface area contributed by atoms with Crippen LogP contribution in [0, 0.1) is 41.2 Å². The lowest BCUT2D eigenvalue weighted by molar-refractivity contribution is 0.361. The Labute approximate surface area is 123 Å². The van der Waals surface area contributed by atoms with E-state index >= 15 is 0 Å². The summed E-state index contributed by atoms with van der Waals surface area (Å²) in [6, 6.07) is 2.36. The second kappa shape index (κ2) is 4.67. The van der Waals surface area contributed by atoms with E-state index in [4.69, 9.17) is 4.74 Å². The number of benzene rings is 1. The first kappa shape index (κ1) is 13.5. The average Bonchev–Trinajstić information content (AvgIpc) is 2.89. The van der Waals surface area contributed by atoms with E-state index in [0.717, 1.165) is 11.8 Å². The van der Waals surface area contributed by atoms with Gasteiger partial charge in [-0.15, -0.1) is 0 Å². The van der Waals surface area contributed by atoms with E-state index in [0.29, 0.717) is 17.8 Å². The zero-order valence-corrected chi connectivity index (χ0v) is 12.4. The average molecular weight is 293 g/mol. The quantitative estimate of drug-likeness (QED) is 0.917. The number of ether oxygens (including phenoxy) is 1. The topological polar surface area (TPSA) is 21.3 Å². The molecule has 1 N–H and O–H groups in total. The van der Waals surface area contributed by atoms with Crippen molar-refractivity contribution in [2.45, 2.75) is 25.3 Å². The van der Waals surface area contributed by atoms with Crippen molar-refractivity contribution in [2.75, 3.05) is 14.2 Å². The summed E-state index contributed by atoms with van der Waals surface area (Å²) >= 11 is 0. The fourth-order valence-corrected chi connectivity index (χ4v) is 5.34. The third kappa shape index (κ3) is 1.84. The van der Waals surface area contributed by atoms with Crippen LogP contribution in [0.3, 0.4) is 0 Å². The van der Waals surface area contributed by atoms with Crippen molar-refractivity contribution in [3.05, 3.63) is 29.3 Å². The lowest BCUT2D eigenvalue weighted by Gasteiger charge is -2.22. The number of hydrogen-bond donors (Lipinski definition) is 1. The SMILES string of the molecule is CNC(c1c(F)cc(OC)cc1F)C1C2C3CCC(C3)C21. The van der Waals surface area contributed by atoms with Crippen LogP contribution in [0.15, 0.2) is 12.1 Å². The summed E-state index contributed by atoms with van der Waals surface area (Å²) in [5, 5.41) is 3.18. The first-order valence-corrected chi connectivity index (χ1v) is 7.86. The zero-order chi connectivity index (χ0) is 14.7. The van der Waals surface area contributed by atoms with Crippen molar-refractivity contribution in [1.82, 2.24) is 5.32 Å². The number of rotatable bonds is 4. The van der Waals surface area contributed by atoms with E-state index in [1.165, 1.54) is 38.5 Å². The van der Waals surface area contributed by atoms with Crippen LogP contribution in [-0.4, -0.2) is 14.2 Å². The monoisotopic (exact) mass is 293 g/mol. The van der Waals surface area contributed by atoms with Gasteiger partial charge in [0.2, 0.25) is 0 Å². The van der Waals surface area contributed by atoms with Crippen molar-refractivity contribution in [3.63, 3.8) is 0 Å². The molecule has 1 aromatic rings. The predicted octanol–water partition coefficient (Wildman–Crippen LogP) is 3.53. The lowest BCUT2D eigenvalue weighted by Crippen LogP contribution is -2.24. The molecule has 0 saturated heterocycles. The van der Waals surface area contributed by atoms with Gasteiger partial charge in [-0.2, -0.15) is 0 Å². The molecule has 5 atom stereocenters. The number of nitrogens with one attached hydrogen (secondary N) is 1. The number of halogens is 2. The Balaban J connectivity index is 1.66. The van der Waals surface area contributed by atoms with Gasteiger partial charge in [0.25, 0.3) is 0 Å². The number of hydrogen-bond acceptors (Lipinski definition) is 2. The van der Waals surface area contributed by atoms with Crippen LogP contribution in [0.2, 0.25) is 0 Å². The summed E-state index contributed by atoms with van der Waals surface area (Å²) in [7, 11) is 3.23. The van der Waals surface area contributed by atoms with E-state index in [9.17, 15) is 8.78 Å². The molecule has 2 nitrogen and oxygen atoms in total. The molecule has 0 spiro atoms. The maximum atomic E-state index is 14.3.